The van der Waals surface area contributed by atoms with Crippen LogP contribution >= 0.6 is 0 Å². The molecule has 1 unspecified atom stereocenters. The highest BCUT2D eigenvalue weighted by atomic mass is 16.6. The fourth-order valence-electron chi connectivity index (χ4n) is 2.62. The Labute approximate surface area is 123 Å². The molecule has 4 rings (SSSR count). The summed E-state index contributed by atoms with van der Waals surface area (Å²) in [7, 11) is 0. The largest absolute Gasteiger partial charge is 0.492 e. The number of nitrogens with one attached hydrogen (secondary N) is 1. The second-order valence-corrected chi connectivity index (χ2v) is 5.50. The third-order valence-corrected chi connectivity index (χ3v) is 3.91. The fourth-order valence-corrected chi connectivity index (χ4v) is 2.62. The Morgan fingerprint density at radius 2 is 2.33 bits per heavy atom. The Morgan fingerprint density at radius 1 is 1.38 bits per heavy atom. The lowest BCUT2D eigenvalue weighted by atomic mass is 10.1. The second-order valence-electron chi connectivity index (χ2n) is 5.50. The van der Waals surface area contributed by atoms with Gasteiger partial charge in [0, 0.05) is 18.7 Å². The van der Waals surface area contributed by atoms with Gasteiger partial charge in [-0.15, -0.1) is 0 Å². The number of hydrogen-bond acceptors (Lipinski definition) is 5. The topological polar surface area (TPSA) is 64.5 Å². The Hall–Kier alpha value is -1.92. The van der Waals surface area contributed by atoms with Crippen LogP contribution < -0.4 is 10.1 Å². The third kappa shape index (κ3) is 2.77. The standard InChI is InChI=1S/C15H18N4O2/c1-2-13(14-4-6-18-19(14)15-10-21-15)17-8-12(1)20-9-11-3-5-16-7-11/h1-2,4,6,8,11,15-16H,3,5,7,9-10H2/t11-,15?/m1/s1. The van der Waals surface area contributed by atoms with Crippen LogP contribution in [-0.2, 0) is 4.74 Å². The van der Waals surface area contributed by atoms with Crippen LogP contribution in [0.1, 0.15) is 12.6 Å². The zero-order chi connectivity index (χ0) is 14.1. The van der Waals surface area contributed by atoms with Crippen molar-refractivity contribution in [3.63, 3.8) is 0 Å². The number of hydrogen-bond donors (Lipinski definition) is 1. The molecule has 2 saturated heterocycles. The van der Waals surface area contributed by atoms with Crippen LogP contribution in [0.15, 0.2) is 30.6 Å². The molecule has 2 atom stereocenters. The van der Waals surface area contributed by atoms with Crippen LogP contribution in [0.5, 0.6) is 5.75 Å². The van der Waals surface area contributed by atoms with E-state index in [1.165, 1.54) is 6.42 Å². The van der Waals surface area contributed by atoms with E-state index in [9.17, 15) is 0 Å². The molecule has 0 radical (unpaired) electrons. The number of rotatable bonds is 5. The van der Waals surface area contributed by atoms with E-state index in [0.29, 0.717) is 5.92 Å². The highest BCUT2D eigenvalue weighted by molar-refractivity contribution is 5.54. The minimum Gasteiger partial charge on any atom is -0.492 e. The van der Waals surface area contributed by atoms with Gasteiger partial charge in [-0.2, -0.15) is 5.10 Å². The SMILES string of the molecule is c1cc(-c2ccc(OC[C@@H]3CCNC3)cn2)n(C2CO2)n1. The Balaban J connectivity index is 1.44. The molecule has 0 amide bonds. The first kappa shape index (κ1) is 12.8. The van der Waals surface area contributed by atoms with Gasteiger partial charge in [0.25, 0.3) is 0 Å². The van der Waals surface area contributed by atoms with Crippen LogP contribution in [0.3, 0.4) is 0 Å². The summed E-state index contributed by atoms with van der Waals surface area (Å²) >= 11 is 0. The second kappa shape index (κ2) is 5.46. The summed E-state index contributed by atoms with van der Waals surface area (Å²) in [6.45, 7) is 3.62. The summed E-state index contributed by atoms with van der Waals surface area (Å²) in [5.74, 6) is 1.43. The Kier molecular flexibility index (Phi) is 3.33. The van der Waals surface area contributed by atoms with E-state index in [2.05, 4.69) is 15.4 Å². The monoisotopic (exact) mass is 286 g/mol. The molecule has 0 spiro atoms. The Morgan fingerprint density at radius 3 is 3.05 bits per heavy atom. The molecule has 4 heterocycles. The molecule has 2 fully saturated rings. The van der Waals surface area contributed by atoms with Crippen molar-refractivity contribution in [2.24, 2.45) is 5.92 Å². The number of epoxide rings is 1. The van der Waals surface area contributed by atoms with Gasteiger partial charge in [-0.3, -0.25) is 4.98 Å². The van der Waals surface area contributed by atoms with Crippen molar-refractivity contribution in [3.05, 3.63) is 30.6 Å². The first-order valence-electron chi connectivity index (χ1n) is 7.35. The van der Waals surface area contributed by atoms with E-state index in [-0.39, 0.29) is 6.23 Å². The molecular formula is C15H18N4O2. The van der Waals surface area contributed by atoms with E-state index in [0.717, 1.165) is 43.4 Å². The van der Waals surface area contributed by atoms with Crippen LogP contribution in [-0.4, -0.2) is 41.1 Å². The van der Waals surface area contributed by atoms with Crippen molar-refractivity contribution < 1.29 is 9.47 Å². The van der Waals surface area contributed by atoms with Gasteiger partial charge < -0.3 is 14.8 Å². The minimum absolute atomic E-state index is 0.0718. The number of pyridine rings is 1. The maximum atomic E-state index is 5.80. The summed E-state index contributed by atoms with van der Waals surface area (Å²) in [5, 5.41) is 7.62. The summed E-state index contributed by atoms with van der Waals surface area (Å²) in [4.78, 5) is 4.48. The van der Waals surface area contributed by atoms with Crippen molar-refractivity contribution in [2.75, 3.05) is 26.3 Å². The lowest BCUT2D eigenvalue weighted by Gasteiger charge is -2.11. The quantitative estimate of drug-likeness (QED) is 0.843. The smallest absolute Gasteiger partial charge is 0.174 e. The van der Waals surface area contributed by atoms with Crippen LogP contribution in [0, 0.1) is 5.92 Å². The molecule has 6 nitrogen and oxygen atoms in total. The fraction of sp³-hybridized carbons (Fsp3) is 0.467. The van der Waals surface area contributed by atoms with Crippen LogP contribution in [0.25, 0.3) is 11.4 Å². The van der Waals surface area contributed by atoms with Crippen molar-refractivity contribution in [1.82, 2.24) is 20.1 Å². The molecule has 0 saturated carbocycles. The third-order valence-electron chi connectivity index (χ3n) is 3.91. The van der Waals surface area contributed by atoms with Gasteiger partial charge in [-0.25, -0.2) is 4.68 Å². The summed E-state index contributed by atoms with van der Waals surface area (Å²) in [6, 6.07) is 5.89. The number of nitrogens with zero attached hydrogens (tertiary/aromatic N) is 3. The lowest BCUT2D eigenvalue weighted by Crippen LogP contribution is -2.15. The molecule has 2 aromatic heterocycles. The lowest BCUT2D eigenvalue weighted by molar-refractivity contribution is 0.259. The average Bonchev–Trinajstić information content (AvgIpc) is 3.04. The van der Waals surface area contributed by atoms with Crippen molar-refractivity contribution in [2.45, 2.75) is 12.6 Å². The number of aromatic nitrogens is 3. The van der Waals surface area contributed by atoms with Gasteiger partial charge in [-0.1, -0.05) is 0 Å². The summed E-state index contributed by atoms with van der Waals surface area (Å²) in [6.07, 6.45) is 4.81. The van der Waals surface area contributed by atoms with E-state index in [1.807, 2.05) is 22.9 Å². The molecular weight excluding hydrogens is 268 g/mol. The molecule has 21 heavy (non-hydrogen) atoms. The molecule has 0 aromatic carbocycles. The Bertz CT molecular complexity index is 600. The van der Waals surface area contributed by atoms with Gasteiger partial charge >= 0.3 is 0 Å². The van der Waals surface area contributed by atoms with Crippen LogP contribution in [0.2, 0.25) is 0 Å². The predicted molar refractivity (Wildman–Crippen MR) is 76.9 cm³/mol. The summed E-state index contributed by atoms with van der Waals surface area (Å²) < 4.78 is 12.9. The average molecular weight is 286 g/mol. The molecule has 2 aliphatic rings. The van der Waals surface area contributed by atoms with Gasteiger partial charge in [0.1, 0.15) is 5.75 Å². The molecule has 6 heteroatoms. The van der Waals surface area contributed by atoms with Crippen molar-refractivity contribution in [1.29, 1.82) is 0 Å². The normalized spacial score (nSPS) is 24.2. The van der Waals surface area contributed by atoms with E-state index >= 15 is 0 Å². The first-order valence-corrected chi connectivity index (χ1v) is 7.35. The minimum atomic E-state index is 0.0718. The molecule has 0 aliphatic carbocycles. The highest BCUT2D eigenvalue weighted by Crippen LogP contribution is 2.28. The zero-order valence-corrected chi connectivity index (χ0v) is 11.7. The van der Waals surface area contributed by atoms with Gasteiger partial charge in [0.05, 0.1) is 30.8 Å². The van der Waals surface area contributed by atoms with Crippen molar-refractivity contribution in [3.8, 4) is 17.1 Å². The van der Waals surface area contributed by atoms with Gasteiger partial charge in [0.15, 0.2) is 6.23 Å². The summed E-state index contributed by atoms with van der Waals surface area (Å²) in [5.41, 5.74) is 1.86. The van der Waals surface area contributed by atoms with Crippen molar-refractivity contribution >= 4 is 0 Å². The molecule has 110 valence electrons. The molecule has 2 aromatic rings. The molecule has 0 bridgehead atoms. The maximum Gasteiger partial charge on any atom is 0.174 e. The van der Waals surface area contributed by atoms with Gasteiger partial charge in [0.2, 0.25) is 0 Å². The van der Waals surface area contributed by atoms with E-state index in [4.69, 9.17) is 9.47 Å². The van der Waals surface area contributed by atoms with E-state index in [1.54, 1.807) is 12.4 Å². The highest BCUT2D eigenvalue weighted by Gasteiger charge is 2.28. The van der Waals surface area contributed by atoms with Gasteiger partial charge in [-0.05, 0) is 31.2 Å². The first-order chi connectivity index (χ1) is 10.4. The van der Waals surface area contributed by atoms with E-state index < -0.39 is 0 Å². The maximum absolute atomic E-state index is 5.80. The zero-order valence-electron chi connectivity index (χ0n) is 11.7. The number of ether oxygens (including phenoxy) is 2. The predicted octanol–water partition coefficient (Wildman–Crippen LogP) is 1.46. The molecule has 2 aliphatic heterocycles. The van der Waals surface area contributed by atoms with Crippen LogP contribution in [0.4, 0.5) is 0 Å². The molecule has 1 N–H and O–H groups in total.